The van der Waals surface area contributed by atoms with Gasteiger partial charge in [0.2, 0.25) is 0 Å². The first-order chi connectivity index (χ1) is 12.1. The van der Waals surface area contributed by atoms with E-state index in [1.165, 1.54) is 24.1 Å². The van der Waals surface area contributed by atoms with Crippen molar-refractivity contribution in [1.82, 2.24) is 9.55 Å². The van der Waals surface area contributed by atoms with Gasteiger partial charge in [0, 0.05) is 29.5 Å². The summed E-state index contributed by atoms with van der Waals surface area (Å²) in [5.41, 5.74) is 3.81. The normalized spacial score (nSPS) is 22.4. The Morgan fingerprint density at radius 2 is 1.92 bits per heavy atom. The molecule has 2 aromatic rings. The van der Waals surface area contributed by atoms with E-state index in [0.29, 0.717) is 6.04 Å². The van der Waals surface area contributed by atoms with E-state index >= 15 is 0 Å². The van der Waals surface area contributed by atoms with Crippen LogP contribution in [-0.4, -0.2) is 21.8 Å². The molecule has 3 nitrogen and oxygen atoms in total. The molecule has 1 fully saturated rings. The van der Waals surface area contributed by atoms with Gasteiger partial charge in [0.1, 0.15) is 10.5 Å². The third-order valence-electron chi connectivity index (χ3n) is 5.49. The highest BCUT2D eigenvalue weighted by molar-refractivity contribution is 7.71. The van der Waals surface area contributed by atoms with Crippen LogP contribution in [0.25, 0.3) is 11.4 Å². The first-order valence-electron chi connectivity index (χ1n) is 9.39. The van der Waals surface area contributed by atoms with Crippen molar-refractivity contribution in [2.75, 3.05) is 6.61 Å². The average molecular weight is 355 g/mol. The molecule has 0 bridgehead atoms. The summed E-state index contributed by atoms with van der Waals surface area (Å²) in [6.45, 7) is 5.20. The molecule has 25 heavy (non-hydrogen) atoms. The van der Waals surface area contributed by atoms with Crippen molar-refractivity contribution >= 4 is 12.2 Å². The molecule has 2 aliphatic rings. The van der Waals surface area contributed by atoms with Crippen LogP contribution >= 0.6 is 12.2 Å². The molecule has 1 aromatic carbocycles. The number of ether oxygens (including phenoxy) is 1. The third-order valence-corrected chi connectivity index (χ3v) is 5.83. The van der Waals surface area contributed by atoms with Crippen molar-refractivity contribution in [1.29, 1.82) is 0 Å². The van der Waals surface area contributed by atoms with Crippen LogP contribution in [0.2, 0.25) is 0 Å². The van der Waals surface area contributed by atoms with Crippen LogP contribution in [0.1, 0.15) is 56.8 Å². The molecular formula is C21H26N2OS. The van der Waals surface area contributed by atoms with Crippen LogP contribution < -0.4 is 0 Å². The zero-order valence-electron chi connectivity index (χ0n) is 15.1. The summed E-state index contributed by atoms with van der Waals surface area (Å²) >= 11 is 5.68. The largest absolute Gasteiger partial charge is 0.375 e. The summed E-state index contributed by atoms with van der Waals surface area (Å²) in [6, 6.07) is 10.9. The minimum absolute atomic E-state index is 0.0853. The summed E-state index contributed by atoms with van der Waals surface area (Å²) in [4.78, 5) is 4.92. The van der Waals surface area contributed by atoms with E-state index in [1.807, 2.05) is 0 Å². The van der Waals surface area contributed by atoms with Gasteiger partial charge in [-0.3, -0.25) is 0 Å². The van der Waals surface area contributed by atoms with Crippen LogP contribution in [0.15, 0.2) is 30.3 Å². The number of benzene rings is 1. The lowest BCUT2D eigenvalue weighted by molar-refractivity contribution is -0.0694. The van der Waals surface area contributed by atoms with Crippen molar-refractivity contribution in [2.45, 2.75) is 64.0 Å². The first-order valence-corrected chi connectivity index (χ1v) is 9.80. The lowest BCUT2D eigenvalue weighted by Crippen LogP contribution is -2.37. The van der Waals surface area contributed by atoms with E-state index < -0.39 is 0 Å². The molecule has 1 atom stereocenters. The summed E-state index contributed by atoms with van der Waals surface area (Å²) < 4.78 is 9.30. The van der Waals surface area contributed by atoms with E-state index in [4.69, 9.17) is 21.9 Å². The van der Waals surface area contributed by atoms with Crippen molar-refractivity contribution in [3.8, 4) is 11.4 Å². The highest BCUT2D eigenvalue weighted by Gasteiger charge is 2.33. The molecule has 2 heterocycles. The Hall–Kier alpha value is -1.52. The maximum absolute atomic E-state index is 5.98. The topological polar surface area (TPSA) is 27.1 Å². The highest BCUT2D eigenvalue weighted by Crippen LogP contribution is 2.38. The second kappa shape index (κ2) is 6.65. The fourth-order valence-corrected chi connectivity index (χ4v) is 4.64. The summed E-state index contributed by atoms with van der Waals surface area (Å²) in [6.07, 6.45) is 6.71. The fraction of sp³-hybridized carbons (Fsp3) is 0.524. The van der Waals surface area contributed by atoms with Crippen LogP contribution in [0.3, 0.4) is 0 Å². The average Bonchev–Trinajstić information content (AvgIpc) is 2.61. The van der Waals surface area contributed by atoms with Crippen molar-refractivity contribution in [3.05, 3.63) is 46.2 Å². The van der Waals surface area contributed by atoms with Crippen molar-refractivity contribution in [2.24, 2.45) is 0 Å². The summed E-state index contributed by atoms with van der Waals surface area (Å²) in [5.74, 6) is 1.04. The second-order valence-electron chi connectivity index (χ2n) is 7.86. The number of aromatic nitrogens is 2. The Morgan fingerprint density at radius 3 is 2.68 bits per heavy atom. The fourth-order valence-electron chi connectivity index (χ4n) is 4.34. The Bertz CT molecular complexity index is 826. The van der Waals surface area contributed by atoms with Gasteiger partial charge in [0.25, 0.3) is 0 Å². The molecule has 4 heteroatoms. The SMILES string of the molecule is CC1(C)C[C@@H](n2c(-c3ccccc3)nc(=S)c3c2CCCC3)CCO1. The van der Waals surface area contributed by atoms with Crippen molar-refractivity contribution in [3.63, 3.8) is 0 Å². The lowest BCUT2D eigenvalue weighted by Gasteiger charge is -2.39. The molecule has 132 valence electrons. The molecule has 0 N–H and O–H groups in total. The maximum Gasteiger partial charge on any atom is 0.142 e. The van der Waals surface area contributed by atoms with Gasteiger partial charge in [-0.25, -0.2) is 4.98 Å². The van der Waals surface area contributed by atoms with Gasteiger partial charge >= 0.3 is 0 Å². The Kier molecular flexibility index (Phi) is 4.50. The minimum atomic E-state index is -0.0853. The van der Waals surface area contributed by atoms with Gasteiger partial charge in [0.05, 0.1) is 5.60 Å². The quantitative estimate of drug-likeness (QED) is 0.686. The van der Waals surface area contributed by atoms with Gasteiger partial charge in [-0.15, -0.1) is 0 Å². The monoisotopic (exact) mass is 354 g/mol. The van der Waals surface area contributed by atoms with E-state index in [1.54, 1.807) is 0 Å². The molecule has 4 rings (SSSR count). The van der Waals surface area contributed by atoms with Crippen LogP contribution in [0, 0.1) is 4.64 Å². The standard InChI is InChI=1S/C21H26N2OS/c1-21(2)14-16(12-13-24-21)23-18-11-7-6-10-17(18)20(25)22-19(23)15-8-4-3-5-9-15/h3-5,8-9,16H,6-7,10-14H2,1-2H3/t16-/m0/s1. The van der Waals surface area contributed by atoms with Crippen LogP contribution in [0.5, 0.6) is 0 Å². The van der Waals surface area contributed by atoms with Crippen LogP contribution in [-0.2, 0) is 17.6 Å². The zero-order chi connectivity index (χ0) is 17.4. The molecule has 1 aromatic heterocycles. The van der Waals surface area contributed by atoms with Gasteiger partial charge in [-0.2, -0.15) is 0 Å². The summed E-state index contributed by atoms with van der Waals surface area (Å²) in [5, 5.41) is 0. The molecule has 1 aliphatic heterocycles. The summed E-state index contributed by atoms with van der Waals surface area (Å²) in [7, 11) is 0. The van der Waals surface area contributed by atoms with Gasteiger partial charge in [-0.05, 0) is 52.4 Å². The lowest BCUT2D eigenvalue weighted by atomic mass is 9.90. The Morgan fingerprint density at radius 1 is 1.16 bits per heavy atom. The predicted molar refractivity (Wildman–Crippen MR) is 103 cm³/mol. The van der Waals surface area contributed by atoms with Gasteiger partial charge in [-0.1, -0.05) is 42.5 Å². The maximum atomic E-state index is 5.98. The molecule has 0 spiro atoms. The molecule has 1 saturated heterocycles. The van der Waals surface area contributed by atoms with Crippen LogP contribution in [0.4, 0.5) is 0 Å². The van der Waals surface area contributed by atoms with E-state index in [-0.39, 0.29) is 5.60 Å². The molecule has 0 amide bonds. The van der Waals surface area contributed by atoms with E-state index in [9.17, 15) is 0 Å². The number of rotatable bonds is 2. The third kappa shape index (κ3) is 3.30. The smallest absolute Gasteiger partial charge is 0.142 e. The molecule has 0 unspecified atom stereocenters. The number of fused-ring (bicyclic) bond motifs is 1. The predicted octanol–water partition coefficient (Wildman–Crippen LogP) is 5.29. The van der Waals surface area contributed by atoms with Crippen molar-refractivity contribution < 1.29 is 4.74 Å². The zero-order valence-corrected chi connectivity index (χ0v) is 15.9. The van der Waals surface area contributed by atoms with E-state index in [2.05, 4.69) is 48.7 Å². The van der Waals surface area contributed by atoms with E-state index in [0.717, 1.165) is 48.3 Å². The Labute approximate surface area is 155 Å². The Balaban J connectivity index is 1.92. The molecule has 1 aliphatic carbocycles. The number of nitrogens with zero attached hydrogens (tertiary/aromatic N) is 2. The minimum Gasteiger partial charge on any atom is -0.375 e. The first kappa shape index (κ1) is 16.9. The van der Waals surface area contributed by atoms with Gasteiger partial charge in [0.15, 0.2) is 0 Å². The highest BCUT2D eigenvalue weighted by atomic mass is 32.1. The van der Waals surface area contributed by atoms with Gasteiger partial charge < -0.3 is 9.30 Å². The number of hydrogen-bond acceptors (Lipinski definition) is 3. The molecular weight excluding hydrogens is 328 g/mol. The number of hydrogen-bond donors (Lipinski definition) is 0. The molecule has 0 saturated carbocycles. The second-order valence-corrected chi connectivity index (χ2v) is 8.25. The molecule has 0 radical (unpaired) electrons.